The number of ether oxygens (including phenoxy) is 1. The second kappa shape index (κ2) is 3.83. The summed E-state index contributed by atoms with van der Waals surface area (Å²) in [6.07, 6.45) is 0. The minimum Gasteiger partial charge on any atom is -0.497 e. The molecule has 0 saturated heterocycles. The van der Waals surface area contributed by atoms with Gasteiger partial charge in [-0.05, 0) is 24.3 Å². The molecule has 12 heavy (non-hydrogen) atoms. The van der Waals surface area contributed by atoms with Crippen molar-refractivity contribution >= 4 is 33.8 Å². The molecule has 0 heterocycles. The zero-order valence-corrected chi connectivity index (χ0v) is 9.33. The Morgan fingerprint density at radius 3 is 2.00 bits per heavy atom. The maximum Gasteiger partial charge on any atom is 0.240 e. The molecule has 1 aromatic rings. The third-order valence-corrected chi connectivity index (χ3v) is 3.90. The van der Waals surface area contributed by atoms with Crippen LogP contribution < -0.4 is 10.0 Å². The summed E-state index contributed by atoms with van der Waals surface area (Å²) >= 11 is 12.0. The Morgan fingerprint density at radius 2 is 1.67 bits per heavy atom. The van der Waals surface area contributed by atoms with Gasteiger partial charge in [-0.15, -0.1) is 0 Å². The number of benzene rings is 1. The highest BCUT2D eigenvalue weighted by atomic mass is 35.9. The van der Waals surface area contributed by atoms with Crippen molar-refractivity contribution in [2.45, 2.75) is 0 Å². The van der Waals surface area contributed by atoms with Gasteiger partial charge in [-0.2, -0.15) is 0 Å². The van der Waals surface area contributed by atoms with Crippen LogP contribution in [0.25, 0.3) is 0 Å². The van der Waals surface area contributed by atoms with Crippen LogP contribution in [0.1, 0.15) is 0 Å². The molecule has 1 aromatic carbocycles. The van der Waals surface area contributed by atoms with Gasteiger partial charge >= 0.3 is 0 Å². The van der Waals surface area contributed by atoms with E-state index in [9.17, 15) is 0 Å². The first-order valence-corrected chi connectivity index (χ1v) is 7.49. The van der Waals surface area contributed by atoms with Gasteiger partial charge in [-0.3, -0.25) is 0 Å². The second-order valence-electron chi connectivity index (χ2n) is 2.49. The summed E-state index contributed by atoms with van der Waals surface area (Å²) in [5, 5.41) is 0.978. The van der Waals surface area contributed by atoms with Gasteiger partial charge in [-0.25, -0.2) is 0 Å². The molecular weight excluding hydrogens is 214 g/mol. The molecule has 0 amide bonds. The van der Waals surface area contributed by atoms with E-state index in [1.165, 1.54) is 0 Å². The molecule has 0 aliphatic heterocycles. The van der Waals surface area contributed by atoms with Crippen molar-refractivity contribution in [3.8, 4) is 5.75 Å². The summed E-state index contributed by atoms with van der Waals surface area (Å²) in [6.45, 7) is 1.85. The lowest BCUT2D eigenvalue weighted by molar-refractivity contribution is 0.415. The van der Waals surface area contributed by atoms with Crippen molar-refractivity contribution in [3.05, 3.63) is 24.3 Å². The van der Waals surface area contributed by atoms with Gasteiger partial charge in [0.2, 0.25) is 5.97 Å². The van der Waals surface area contributed by atoms with Gasteiger partial charge in [-0.1, -0.05) is 0 Å². The van der Waals surface area contributed by atoms with Gasteiger partial charge < -0.3 is 4.74 Å². The van der Waals surface area contributed by atoms with Gasteiger partial charge in [0.15, 0.2) is 0 Å². The highest BCUT2D eigenvalue weighted by Gasteiger charge is 2.30. The molecule has 66 valence electrons. The third kappa shape index (κ3) is 2.52. The fourth-order valence-electron chi connectivity index (χ4n) is 0.844. The SMILES string of the molecule is COc1ccc([P+](C)(Cl)Cl)cc1. The Balaban J connectivity index is 2.93. The summed E-state index contributed by atoms with van der Waals surface area (Å²) in [7, 11) is 1.63. The molecule has 0 N–H and O–H groups in total. The average Bonchev–Trinajstić information content (AvgIpc) is 2.03. The molecule has 0 bridgehead atoms. The Hall–Kier alpha value is 0.0300. The van der Waals surface area contributed by atoms with E-state index in [4.69, 9.17) is 27.2 Å². The van der Waals surface area contributed by atoms with Crippen molar-refractivity contribution in [1.29, 1.82) is 0 Å². The molecule has 4 heteroatoms. The molecule has 0 spiro atoms. The summed E-state index contributed by atoms with van der Waals surface area (Å²) in [4.78, 5) is 0. The summed E-state index contributed by atoms with van der Waals surface area (Å²) in [5.74, 6) is -1.09. The van der Waals surface area contributed by atoms with E-state index in [1.807, 2.05) is 30.9 Å². The maximum absolute atomic E-state index is 5.99. The minimum absolute atomic E-state index is 0.820. The topological polar surface area (TPSA) is 9.23 Å². The van der Waals surface area contributed by atoms with Crippen LogP contribution in [0.15, 0.2) is 24.3 Å². The highest BCUT2D eigenvalue weighted by molar-refractivity contribution is 8.21. The van der Waals surface area contributed by atoms with Gasteiger partial charge in [0.25, 0.3) is 0 Å². The van der Waals surface area contributed by atoms with Crippen molar-refractivity contribution in [3.63, 3.8) is 0 Å². The molecule has 0 radical (unpaired) electrons. The zero-order valence-electron chi connectivity index (χ0n) is 6.92. The monoisotopic (exact) mass is 223 g/mol. The lowest BCUT2D eigenvalue weighted by atomic mass is 10.3. The van der Waals surface area contributed by atoms with Crippen LogP contribution in [0.4, 0.5) is 0 Å². The quantitative estimate of drug-likeness (QED) is 0.700. The molecular formula is C8H10Cl2OP+. The lowest BCUT2D eigenvalue weighted by Crippen LogP contribution is -2.00. The first-order valence-electron chi connectivity index (χ1n) is 3.44. The molecule has 0 saturated carbocycles. The predicted octanol–water partition coefficient (Wildman–Crippen LogP) is 3.28. The van der Waals surface area contributed by atoms with Crippen molar-refractivity contribution < 1.29 is 4.74 Å². The van der Waals surface area contributed by atoms with E-state index >= 15 is 0 Å². The van der Waals surface area contributed by atoms with Crippen molar-refractivity contribution in [1.82, 2.24) is 0 Å². The molecule has 0 aliphatic rings. The first kappa shape index (κ1) is 10.1. The fourth-order valence-corrected chi connectivity index (χ4v) is 2.19. The molecule has 0 fully saturated rings. The van der Waals surface area contributed by atoms with Crippen LogP contribution >= 0.6 is 28.4 Å². The van der Waals surface area contributed by atoms with Crippen molar-refractivity contribution in [2.24, 2.45) is 0 Å². The van der Waals surface area contributed by atoms with E-state index in [-0.39, 0.29) is 0 Å². The molecule has 0 aromatic heterocycles. The number of hydrogen-bond acceptors (Lipinski definition) is 1. The minimum atomic E-state index is -1.91. The molecule has 1 rings (SSSR count). The standard InChI is InChI=1S/C8H10Cl2OP/c1-11-7-3-5-8(6-4-7)12(2,9)10/h3-6H,1-2H3/q+1. The van der Waals surface area contributed by atoms with Crippen LogP contribution in [0, 0.1) is 0 Å². The lowest BCUT2D eigenvalue weighted by Gasteiger charge is -2.04. The Morgan fingerprint density at radius 1 is 1.17 bits per heavy atom. The van der Waals surface area contributed by atoms with E-state index < -0.39 is 5.97 Å². The normalized spacial score (nSPS) is 11.3. The molecule has 1 nitrogen and oxygen atoms in total. The predicted molar refractivity (Wildman–Crippen MR) is 57.2 cm³/mol. The van der Waals surface area contributed by atoms with Crippen LogP contribution in [0.3, 0.4) is 0 Å². The van der Waals surface area contributed by atoms with E-state index in [1.54, 1.807) is 7.11 Å². The summed E-state index contributed by atoms with van der Waals surface area (Å²) < 4.78 is 5.01. The van der Waals surface area contributed by atoms with E-state index in [2.05, 4.69) is 0 Å². The smallest absolute Gasteiger partial charge is 0.240 e. The maximum atomic E-state index is 5.99. The van der Waals surface area contributed by atoms with Gasteiger partial charge in [0.05, 0.1) is 13.8 Å². The first-order chi connectivity index (χ1) is 5.54. The number of rotatable bonds is 2. The van der Waals surface area contributed by atoms with Gasteiger partial charge in [0, 0.05) is 0 Å². The van der Waals surface area contributed by atoms with E-state index in [0.717, 1.165) is 11.1 Å². The molecule has 0 atom stereocenters. The van der Waals surface area contributed by atoms with Crippen LogP contribution in [-0.4, -0.2) is 13.8 Å². The number of methoxy groups -OCH3 is 1. The third-order valence-electron chi connectivity index (χ3n) is 1.53. The molecule has 0 aliphatic carbocycles. The molecule has 0 unspecified atom stereocenters. The Kier molecular flexibility index (Phi) is 3.22. The largest absolute Gasteiger partial charge is 0.497 e. The number of hydrogen-bond donors (Lipinski definition) is 0. The fraction of sp³-hybridized carbons (Fsp3) is 0.250. The summed E-state index contributed by atoms with van der Waals surface area (Å²) in [6, 6.07) is 7.51. The van der Waals surface area contributed by atoms with E-state index in [0.29, 0.717) is 0 Å². The average molecular weight is 224 g/mol. The Bertz CT molecular complexity index is 253. The van der Waals surface area contributed by atoms with Crippen LogP contribution in [0.5, 0.6) is 5.75 Å². The second-order valence-corrected chi connectivity index (χ2v) is 9.17. The van der Waals surface area contributed by atoms with Crippen molar-refractivity contribution in [2.75, 3.05) is 13.8 Å². The van der Waals surface area contributed by atoms with Crippen LogP contribution in [0.2, 0.25) is 0 Å². The van der Waals surface area contributed by atoms with Gasteiger partial charge in [0.1, 0.15) is 33.5 Å². The highest BCUT2D eigenvalue weighted by Crippen LogP contribution is 2.64. The number of halogens is 2. The van der Waals surface area contributed by atoms with Crippen LogP contribution in [-0.2, 0) is 0 Å². The summed E-state index contributed by atoms with van der Waals surface area (Å²) in [5.41, 5.74) is 0. The Labute approximate surface area is 82.6 Å². The zero-order chi connectivity index (χ0) is 9.19.